The van der Waals surface area contributed by atoms with Gasteiger partial charge < -0.3 is 19.3 Å². The van der Waals surface area contributed by atoms with Gasteiger partial charge in [0.2, 0.25) is 0 Å². The van der Waals surface area contributed by atoms with Crippen LogP contribution in [0.5, 0.6) is 0 Å². The summed E-state index contributed by atoms with van der Waals surface area (Å²) in [6.07, 6.45) is 3.01. The van der Waals surface area contributed by atoms with Crippen LogP contribution in [0.15, 0.2) is 65.7 Å². The van der Waals surface area contributed by atoms with Gasteiger partial charge in [-0.05, 0) is 56.2 Å². The molecular weight excluding hydrogens is 508 g/mol. The van der Waals surface area contributed by atoms with E-state index in [0.29, 0.717) is 43.0 Å². The number of carbonyl (C=O) groups is 2. The number of sulfonamides is 1. The maximum absolute atomic E-state index is 13.2. The van der Waals surface area contributed by atoms with Crippen molar-refractivity contribution in [1.82, 2.24) is 14.8 Å². The van der Waals surface area contributed by atoms with E-state index >= 15 is 0 Å². The van der Waals surface area contributed by atoms with Gasteiger partial charge >= 0.3 is 6.09 Å². The first kappa shape index (κ1) is 25.9. The van der Waals surface area contributed by atoms with Crippen molar-refractivity contribution in [2.75, 3.05) is 37.6 Å². The molecule has 2 unspecified atom stereocenters. The minimum atomic E-state index is -3.89. The van der Waals surface area contributed by atoms with Crippen LogP contribution in [0.1, 0.15) is 30.1 Å². The molecule has 0 radical (unpaired) electrons. The summed E-state index contributed by atoms with van der Waals surface area (Å²) in [4.78, 5) is 33.3. The molecule has 2 amide bonds. The van der Waals surface area contributed by atoms with E-state index in [1.807, 2.05) is 6.92 Å². The first-order chi connectivity index (χ1) is 18.3. The van der Waals surface area contributed by atoms with Gasteiger partial charge in [0, 0.05) is 55.1 Å². The van der Waals surface area contributed by atoms with Gasteiger partial charge in [-0.2, -0.15) is 0 Å². The van der Waals surface area contributed by atoms with Crippen LogP contribution in [-0.2, 0) is 19.5 Å². The quantitative estimate of drug-likeness (QED) is 0.510. The molecular formula is C27H30N4O6S. The summed E-state index contributed by atoms with van der Waals surface area (Å²) in [5.41, 5.74) is 1.15. The van der Waals surface area contributed by atoms with Gasteiger partial charge in [-0.3, -0.25) is 14.5 Å². The maximum Gasteiger partial charge on any atom is 0.409 e. The summed E-state index contributed by atoms with van der Waals surface area (Å²) >= 11 is 0. The minimum absolute atomic E-state index is 0.0320. The van der Waals surface area contributed by atoms with Crippen LogP contribution in [0.25, 0.3) is 10.9 Å². The molecule has 1 aromatic heterocycles. The molecule has 0 bridgehead atoms. The molecule has 0 spiro atoms. The summed E-state index contributed by atoms with van der Waals surface area (Å²) < 4.78 is 39.6. The number of nitrogens with one attached hydrogen (secondary N) is 1. The van der Waals surface area contributed by atoms with Crippen molar-refractivity contribution in [2.45, 2.75) is 36.8 Å². The number of aromatic nitrogens is 1. The summed E-state index contributed by atoms with van der Waals surface area (Å²) in [6.45, 7) is 3.95. The van der Waals surface area contributed by atoms with E-state index in [2.05, 4.69) is 9.71 Å². The van der Waals surface area contributed by atoms with Gasteiger partial charge in [0.15, 0.2) is 0 Å². The molecule has 1 N–H and O–H groups in total. The molecule has 2 saturated heterocycles. The molecule has 0 aliphatic carbocycles. The number of rotatable bonds is 6. The van der Waals surface area contributed by atoms with E-state index in [-0.39, 0.29) is 29.6 Å². The predicted octanol–water partition coefficient (Wildman–Crippen LogP) is 3.50. The fraction of sp³-hybridized carbons (Fsp3) is 0.370. The van der Waals surface area contributed by atoms with Crippen molar-refractivity contribution in [3.63, 3.8) is 0 Å². The van der Waals surface area contributed by atoms with Crippen LogP contribution < -0.4 is 4.72 Å². The summed E-state index contributed by atoms with van der Waals surface area (Å²) in [6, 6.07) is 14.6. The van der Waals surface area contributed by atoms with Crippen LogP contribution in [0.2, 0.25) is 0 Å². The van der Waals surface area contributed by atoms with Gasteiger partial charge in [-0.15, -0.1) is 0 Å². The van der Waals surface area contributed by atoms with Crippen LogP contribution in [0, 0.1) is 0 Å². The summed E-state index contributed by atoms with van der Waals surface area (Å²) in [5.74, 6) is -0.183. The monoisotopic (exact) mass is 538 g/mol. The Labute approximate surface area is 221 Å². The Balaban J connectivity index is 1.20. The molecule has 10 nitrogen and oxygen atoms in total. The van der Waals surface area contributed by atoms with E-state index in [4.69, 9.17) is 9.47 Å². The largest absolute Gasteiger partial charge is 0.447 e. The van der Waals surface area contributed by atoms with Gasteiger partial charge in [-0.25, -0.2) is 13.2 Å². The number of fused-ring (bicyclic) bond motifs is 1. The third-order valence-corrected chi connectivity index (χ3v) is 8.25. The average molecular weight is 539 g/mol. The lowest BCUT2D eigenvalue weighted by Crippen LogP contribution is -2.55. The second-order valence-electron chi connectivity index (χ2n) is 9.52. The SMILES string of the molecule is CC1CN(C(=O)OCC2CCCO2)CCN1C(=O)c1ccc(NS(=O)(=O)c2cccc3cccnc23)cc1. The van der Waals surface area contributed by atoms with Gasteiger partial charge in [0.1, 0.15) is 11.5 Å². The molecule has 0 saturated carbocycles. The second-order valence-corrected chi connectivity index (χ2v) is 11.2. The van der Waals surface area contributed by atoms with Crippen molar-refractivity contribution in [3.05, 3.63) is 66.4 Å². The number of pyridine rings is 1. The summed E-state index contributed by atoms with van der Waals surface area (Å²) in [5, 5.41) is 0.724. The van der Waals surface area contributed by atoms with Crippen molar-refractivity contribution >= 4 is 38.6 Å². The van der Waals surface area contributed by atoms with E-state index in [1.54, 1.807) is 64.5 Å². The molecule has 2 aliphatic rings. The summed E-state index contributed by atoms with van der Waals surface area (Å²) in [7, 11) is -3.89. The smallest absolute Gasteiger partial charge is 0.409 e. The zero-order valence-corrected chi connectivity index (χ0v) is 21.9. The fourth-order valence-corrected chi connectivity index (χ4v) is 6.05. The molecule has 200 valence electrons. The van der Waals surface area contributed by atoms with E-state index in [9.17, 15) is 18.0 Å². The fourth-order valence-electron chi connectivity index (χ4n) is 4.81. The zero-order chi connectivity index (χ0) is 26.7. The Morgan fingerprint density at radius 2 is 1.89 bits per heavy atom. The third kappa shape index (κ3) is 5.58. The normalized spacial score (nSPS) is 19.9. The van der Waals surface area contributed by atoms with Crippen LogP contribution in [-0.4, -0.2) is 80.2 Å². The highest BCUT2D eigenvalue weighted by molar-refractivity contribution is 7.93. The maximum atomic E-state index is 13.2. The lowest BCUT2D eigenvalue weighted by atomic mass is 10.1. The molecule has 3 heterocycles. The average Bonchev–Trinajstić information content (AvgIpc) is 3.45. The number of ether oxygens (including phenoxy) is 2. The van der Waals surface area contributed by atoms with Gasteiger partial charge in [-0.1, -0.05) is 18.2 Å². The first-order valence-corrected chi connectivity index (χ1v) is 14.1. The highest BCUT2D eigenvalue weighted by atomic mass is 32.2. The lowest BCUT2D eigenvalue weighted by Gasteiger charge is -2.39. The number of anilines is 1. The Bertz CT molecular complexity index is 1420. The number of carbonyl (C=O) groups excluding carboxylic acids is 2. The van der Waals surface area contributed by atoms with E-state index < -0.39 is 16.1 Å². The van der Waals surface area contributed by atoms with Crippen molar-refractivity contribution in [3.8, 4) is 0 Å². The van der Waals surface area contributed by atoms with Crippen molar-refractivity contribution in [1.29, 1.82) is 0 Å². The third-order valence-electron chi connectivity index (χ3n) is 6.83. The Morgan fingerprint density at radius 3 is 2.63 bits per heavy atom. The van der Waals surface area contributed by atoms with Crippen molar-refractivity contribution in [2.24, 2.45) is 0 Å². The van der Waals surface area contributed by atoms with Gasteiger partial charge in [0.05, 0.1) is 11.6 Å². The molecule has 2 aliphatic heterocycles. The molecule has 11 heteroatoms. The van der Waals surface area contributed by atoms with E-state index in [0.717, 1.165) is 18.2 Å². The molecule has 2 fully saturated rings. The van der Waals surface area contributed by atoms with E-state index in [1.165, 1.54) is 6.07 Å². The predicted molar refractivity (Wildman–Crippen MR) is 141 cm³/mol. The highest BCUT2D eigenvalue weighted by Crippen LogP contribution is 2.24. The molecule has 5 rings (SSSR count). The number of nitrogens with zero attached hydrogens (tertiary/aromatic N) is 3. The highest BCUT2D eigenvalue weighted by Gasteiger charge is 2.31. The number of para-hydroxylation sites is 1. The van der Waals surface area contributed by atoms with Crippen LogP contribution >= 0.6 is 0 Å². The Morgan fingerprint density at radius 1 is 1.11 bits per heavy atom. The second kappa shape index (κ2) is 11.0. The topological polar surface area (TPSA) is 118 Å². The standard InChI is InChI=1S/C27H30N4O6S/c1-19-17-30(27(33)37-18-23-7-4-16-36-23)14-15-31(19)26(32)21-9-11-22(12-10-21)29-38(34,35)24-8-2-5-20-6-3-13-28-25(20)24/h2-3,5-6,8-13,19,23,29H,4,7,14-18H2,1H3. The van der Waals surface area contributed by atoms with Gasteiger partial charge in [0.25, 0.3) is 15.9 Å². The number of benzene rings is 2. The first-order valence-electron chi connectivity index (χ1n) is 12.6. The number of amides is 2. The molecule has 3 aromatic rings. The lowest BCUT2D eigenvalue weighted by molar-refractivity contribution is 0.0160. The molecule has 2 atom stereocenters. The molecule has 2 aromatic carbocycles. The number of piperazine rings is 1. The number of hydrogen-bond donors (Lipinski definition) is 1. The zero-order valence-electron chi connectivity index (χ0n) is 21.1. The molecule has 38 heavy (non-hydrogen) atoms. The number of hydrogen-bond acceptors (Lipinski definition) is 7. The minimum Gasteiger partial charge on any atom is -0.447 e. The Hall–Kier alpha value is -3.70. The van der Waals surface area contributed by atoms with Crippen LogP contribution in [0.3, 0.4) is 0 Å². The van der Waals surface area contributed by atoms with Crippen LogP contribution in [0.4, 0.5) is 10.5 Å². The Kier molecular flexibility index (Phi) is 7.48. The van der Waals surface area contributed by atoms with Crippen molar-refractivity contribution < 1.29 is 27.5 Å².